The predicted molar refractivity (Wildman–Crippen MR) is 116 cm³/mol. The molecule has 4 rings (SSSR count). The number of aromatic hydroxyl groups is 1. The van der Waals surface area contributed by atoms with Crippen molar-refractivity contribution < 1.29 is 28.9 Å². The molecule has 4 aromatic rings. The van der Waals surface area contributed by atoms with Crippen LogP contribution in [0.25, 0.3) is 17.1 Å². The molecule has 164 valence electrons. The first-order chi connectivity index (χ1) is 15.4. The second kappa shape index (κ2) is 8.85. The SMILES string of the molecule is COc1cc(Cl)ccc1-[n+]1noc([O-])c1-c1csc(NCc2cccc(C(C)=O)c2O)n1. The number of carbonyl (C=O) groups is 1. The summed E-state index contributed by atoms with van der Waals surface area (Å²) in [6.45, 7) is 1.63. The highest BCUT2D eigenvalue weighted by atomic mass is 35.5. The third kappa shape index (κ3) is 4.10. The number of benzene rings is 2. The van der Waals surface area contributed by atoms with Gasteiger partial charge in [-0.3, -0.25) is 4.79 Å². The molecule has 2 N–H and O–H groups in total. The van der Waals surface area contributed by atoms with Crippen molar-refractivity contribution in [2.24, 2.45) is 0 Å². The first kappa shape index (κ1) is 21.6. The van der Waals surface area contributed by atoms with E-state index in [4.69, 9.17) is 20.9 Å². The van der Waals surface area contributed by atoms with Gasteiger partial charge in [0.2, 0.25) is 0 Å². The highest BCUT2D eigenvalue weighted by Gasteiger charge is 2.28. The van der Waals surface area contributed by atoms with Crippen LogP contribution in [0, 0.1) is 0 Å². The summed E-state index contributed by atoms with van der Waals surface area (Å²) < 4.78 is 11.5. The number of Topliss-reactive ketones (excluding diaryl/α,β-unsaturated/α-hetero) is 1. The average Bonchev–Trinajstić information content (AvgIpc) is 3.38. The number of ketones is 1. The van der Waals surface area contributed by atoms with Crippen molar-refractivity contribution in [3.8, 4) is 34.5 Å². The van der Waals surface area contributed by atoms with Gasteiger partial charge in [0.1, 0.15) is 5.75 Å². The van der Waals surface area contributed by atoms with Crippen LogP contribution in [0.3, 0.4) is 0 Å². The van der Waals surface area contributed by atoms with Gasteiger partial charge in [-0.2, -0.15) is 0 Å². The molecular formula is C21H17ClN4O5S. The second-order valence-corrected chi connectivity index (χ2v) is 7.99. The summed E-state index contributed by atoms with van der Waals surface area (Å²) >= 11 is 7.29. The van der Waals surface area contributed by atoms with Crippen molar-refractivity contribution >= 4 is 33.9 Å². The van der Waals surface area contributed by atoms with Crippen LogP contribution in [0.15, 0.2) is 46.3 Å². The number of aromatic nitrogens is 3. The highest BCUT2D eigenvalue weighted by molar-refractivity contribution is 7.14. The Morgan fingerprint density at radius 3 is 2.94 bits per heavy atom. The van der Waals surface area contributed by atoms with E-state index >= 15 is 0 Å². The number of methoxy groups -OCH3 is 1. The van der Waals surface area contributed by atoms with Gasteiger partial charge in [-0.05, 0) is 23.7 Å². The Balaban J connectivity index is 1.61. The first-order valence-corrected chi connectivity index (χ1v) is 10.6. The van der Waals surface area contributed by atoms with Crippen LogP contribution in [0.5, 0.6) is 17.4 Å². The lowest BCUT2D eigenvalue weighted by atomic mass is 10.1. The first-order valence-electron chi connectivity index (χ1n) is 9.33. The van der Waals surface area contributed by atoms with Gasteiger partial charge in [-0.1, -0.05) is 23.7 Å². The zero-order chi connectivity index (χ0) is 22.8. The van der Waals surface area contributed by atoms with Crippen LogP contribution < -0.4 is 19.8 Å². The Hall–Kier alpha value is -3.63. The Bertz CT molecular complexity index is 1300. The molecule has 0 aliphatic carbocycles. The fraction of sp³-hybridized carbons (Fsp3) is 0.143. The Kier molecular flexibility index (Phi) is 5.97. The minimum Gasteiger partial charge on any atom is -0.539 e. The van der Waals surface area contributed by atoms with Gasteiger partial charge < -0.3 is 24.8 Å². The van der Waals surface area contributed by atoms with Crippen LogP contribution in [0.1, 0.15) is 22.8 Å². The number of hydrogen-bond acceptors (Lipinski definition) is 9. The number of nitrogens with zero attached hydrogens (tertiary/aromatic N) is 3. The molecule has 0 aliphatic rings. The highest BCUT2D eigenvalue weighted by Crippen LogP contribution is 2.31. The van der Waals surface area contributed by atoms with E-state index in [0.29, 0.717) is 32.8 Å². The summed E-state index contributed by atoms with van der Waals surface area (Å²) in [6, 6.07) is 9.87. The normalized spacial score (nSPS) is 10.8. The molecule has 11 heteroatoms. The minimum absolute atomic E-state index is 0.0715. The molecular weight excluding hydrogens is 456 g/mol. The molecule has 0 spiro atoms. The number of anilines is 1. The predicted octanol–water partition coefficient (Wildman–Crippen LogP) is 3.33. The molecule has 2 heterocycles. The van der Waals surface area contributed by atoms with Crippen LogP contribution in [-0.4, -0.2) is 28.3 Å². The molecule has 2 aromatic carbocycles. The monoisotopic (exact) mass is 472 g/mol. The van der Waals surface area contributed by atoms with E-state index in [0.717, 1.165) is 0 Å². The van der Waals surface area contributed by atoms with Crippen LogP contribution in [0.4, 0.5) is 5.13 Å². The van der Waals surface area contributed by atoms with E-state index in [1.165, 1.54) is 30.1 Å². The van der Waals surface area contributed by atoms with Crippen molar-refractivity contribution in [3.05, 3.63) is 57.9 Å². The van der Waals surface area contributed by atoms with Crippen molar-refractivity contribution in [2.75, 3.05) is 12.4 Å². The molecule has 0 aliphatic heterocycles. The van der Waals surface area contributed by atoms with E-state index in [-0.39, 0.29) is 29.3 Å². The maximum atomic E-state index is 12.4. The van der Waals surface area contributed by atoms with E-state index in [1.54, 1.807) is 41.8 Å². The number of carbonyl (C=O) groups excluding carboxylic acids is 1. The van der Waals surface area contributed by atoms with Crippen molar-refractivity contribution in [2.45, 2.75) is 13.5 Å². The fourth-order valence-corrected chi connectivity index (χ4v) is 3.96. The second-order valence-electron chi connectivity index (χ2n) is 6.70. The van der Waals surface area contributed by atoms with Crippen molar-refractivity contribution in [1.29, 1.82) is 0 Å². The molecule has 0 fully saturated rings. The van der Waals surface area contributed by atoms with E-state index < -0.39 is 5.95 Å². The number of para-hydroxylation sites is 1. The maximum Gasteiger partial charge on any atom is 0.290 e. The van der Waals surface area contributed by atoms with Gasteiger partial charge in [-0.15, -0.1) is 11.3 Å². The lowest BCUT2D eigenvalue weighted by molar-refractivity contribution is -0.660. The van der Waals surface area contributed by atoms with Gasteiger partial charge in [0.25, 0.3) is 11.4 Å². The zero-order valence-electron chi connectivity index (χ0n) is 17.0. The van der Waals surface area contributed by atoms with Crippen molar-refractivity contribution in [3.63, 3.8) is 0 Å². The van der Waals surface area contributed by atoms with Gasteiger partial charge in [-0.25, -0.2) is 4.98 Å². The number of rotatable bonds is 7. The molecule has 0 saturated carbocycles. The van der Waals surface area contributed by atoms with Crippen LogP contribution in [-0.2, 0) is 6.54 Å². The summed E-state index contributed by atoms with van der Waals surface area (Å²) in [5, 5.41) is 32.2. The molecule has 0 unspecified atom stereocenters. The standard InChI is InChI=1S/C21H17ClN4O5S/c1-11(27)14-5-3-4-12(19(14)28)9-23-21-24-15(10-32-21)18-20(29)31-25-26(18)16-7-6-13(22)8-17(16)30-2/h3-8,10H,9H2,1-2H3,(H2-,23,24,25,27,28,29). The largest absolute Gasteiger partial charge is 0.539 e. The molecule has 0 radical (unpaired) electrons. The van der Waals surface area contributed by atoms with E-state index in [9.17, 15) is 15.0 Å². The summed E-state index contributed by atoms with van der Waals surface area (Å²) in [7, 11) is 1.48. The lowest BCUT2D eigenvalue weighted by Gasteiger charge is -2.08. The van der Waals surface area contributed by atoms with Crippen LogP contribution >= 0.6 is 22.9 Å². The van der Waals surface area contributed by atoms with Gasteiger partial charge in [0.15, 0.2) is 28.3 Å². The summed E-state index contributed by atoms with van der Waals surface area (Å²) in [6.07, 6.45) is 0. The Morgan fingerprint density at radius 1 is 1.38 bits per heavy atom. The molecule has 0 saturated heterocycles. The third-order valence-electron chi connectivity index (χ3n) is 4.66. The molecule has 2 aromatic heterocycles. The summed E-state index contributed by atoms with van der Waals surface area (Å²) in [4.78, 5) is 16.1. The fourth-order valence-electron chi connectivity index (χ4n) is 3.10. The maximum absolute atomic E-state index is 12.4. The minimum atomic E-state index is -0.661. The summed E-state index contributed by atoms with van der Waals surface area (Å²) in [5.74, 6) is -0.548. The van der Waals surface area contributed by atoms with E-state index in [1.807, 2.05) is 0 Å². The number of nitrogens with one attached hydrogen (secondary N) is 1. The number of phenols is 1. The third-order valence-corrected chi connectivity index (χ3v) is 5.69. The Labute approximate surface area is 191 Å². The topological polar surface area (TPSA) is 124 Å². The van der Waals surface area contributed by atoms with Crippen molar-refractivity contribution in [1.82, 2.24) is 10.3 Å². The van der Waals surface area contributed by atoms with Crippen LogP contribution in [0.2, 0.25) is 5.02 Å². The number of thiazole rings is 1. The van der Waals surface area contributed by atoms with E-state index in [2.05, 4.69) is 15.6 Å². The van der Waals surface area contributed by atoms with Gasteiger partial charge in [0, 0.05) is 34.6 Å². The quantitative estimate of drug-likeness (QED) is 0.310. The lowest BCUT2D eigenvalue weighted by Crippen LogP contribution is -2.35. The number of halogens is 1. The van der Waals surface area contributed by atoms with Gasteiger partial charge >= 0.3 is 0 Å². The zero-order valence-corrected chi connectivity index (χ0v) is 18.5. The Morgan fingerprint density at radius 2 is 2.19 bits per heavy atom. The molecule has 32 heavy (non-hydrogen) atoms. The molecule has 0 bridgehead atoms. The average molecular weight is 473 g/mol. The molecule has 0 atom stereocenters. The number of hydrogen-bond donors (Lipinski definition) is 2. The summed E-state index contributed by atoms with van der Waals surface area (Å²) in [5.41, 5.74) is 1.73. The van der Waals surface area contributed by atoms with Gasteiger partial charge in [0.05, 0.1) is 17.9 Å². The number of phenolic OH excluding ortho intramolecular Hbond substituents is 1. The smallest absolute Gasteiger partial charge is 0.290 e. The molecule has 0 amide bonds. The molecule has 9 nitrogen and oxygen atoms in total. The number of ether oxygens (including phenoxy) is 1.